The minimum absolute atomic E-state index is 0.0510. The molecule has 0 N–H and O–H groups in total. The number of benzene rings is 2. The fourth-order valence-electron chi connectivity index (χ4n) is 2.51. The second-order valence-corrected chi connectivity index (χ2v) is 8.68. The molecule has 0 aliphatic rings. The van der Waals surface area contributed by atoms with E-state index in [9.17, 15) is 4.79 Å². The highest BCUT2D eigenvalue weighted by atomic mass is 35.5. The number of imidazole rings is 1. The Hall–Kier alpha value is -1.17. The van der Waals surface area contributed by atoms with Crippen molar-refractivity contribution in [2.75, 3.05) is 0 Å². The van der Waals surface area contributed by atoms with Crippen LogP contribution in [0.1, 0.15) is 21.9 Å². The van der Waals surface area contributed by atoms with E-state index in [1.807, 2.05) is 12.1 Å². The van der Waals surface area contributed by atoms with E-state index in [4.69, 9.17) is 46.4 Å². The zero-order valence-electron chi connectivity index (χ0n) is 13.9. The van der Waals surface area contributed by atoms with E-state index in [0.29, 0.717) is 15.1 Å². The van der Waals surface area contributed by atoms with Gasteiger partial charge in [0.25, 0.3) is 0 Å². The van der Waals surface area contributed by atoms with Crippen LogP contribution in [0.5, 0.6) is 0 Å². The van der Waals surface area contributed by atoms with E-state index in [1.165, 1.54) is 0 Å². The molecule has 3 aromatic rings. The summed E-state index contributed by atoms with van der Waals surface area (Å²) in [5.74, 6) is 0. The normalized spacial score (nSPS) is 13.3. The molecule has 1 heterocycles. The second-order valence-electron chi connectivity index (χ2n) is 5.76. The lowest BCUT2D eigenvalue weighted by Gasteiger charge is -2.23. The fraction of sp³-hybridized carbons (Fsp3) is 0.158. The molecule has 0 spiro atoms. The van der Waals surface area contributed by atoms with E-state index < -0.39 is 5.50 Å². The van der Waals surface area contributed by atoms with Crippen molar-refractivity contribution in [1.82, 2.24) is 9.55 Å². The van der Waals surface area contributed by atoms with Gasteiger partial charge in [0.15, 0.2) is 5.12 Å². The third-order valence-corrected chi connectivity index (χ3v) is 6.52. The highest BCUT2D eigenvalue weighted by molar-refractivity contribution is 8.13. The number of rotatable bonds is 6. The maximum absolute atomic E-state index is 12.7. The summed E-state index contributed by atoms with van der Waals surface area (Å²) in [4.78, 5) is 16.8. The van der Waals surface area contributed by atoms with Crippen LogP contribution in [0.15, 0.2) is 61.2 Å². The first-order chi connectivity index (χ1) is 12.9. The Kier molecular flexibility index (Phi) is 7.12. The Morgan fingerprint density at radius 3 is 2.41 bits per heavy atom. The van der Waals surface area contributed by atoms with Crippen molar-refractivity contribution in [1.29, 1.82) is 0 Å². The molecule has 0 saturated heterocycles. The predicted octanol–water partition coefficient (Wildman–Crippen LogP) is 6.82. The van der Waals surface area contributed by atoms with E-state index in [0.717, 1.165) is 22.9 Å². The van der Waals surface area contributed by atoms with Crippen LogP contribution < -0.4 is 0 Å². The number of alkyl halides is 1. The molecular formula is C19H14Cl4N2OS. The lowest BCUT2D eigenvalue weighted by atomic mass is 10.1. The molecule has 8 heteroatoms. The average molecular weight is 460 g/mol. The SMILES string of the molecule is O=C(Cc1ccc(Cl)cc1Cl)SC(c1ccc(Cl)cc1)C(Cl)n1ccnc1. The van der Waals surface area contributed by atoms with E-state index in [-0.39, 0.29) is 16.8 Å². The van der Waals surface area contributed by atoms with E-state index in [2.05, 4.69) is 4.98 Å². The number of halogens is 4. The molecule has 0 amide bonds. The summed E-state index contributed by atoms with van der Waals surface area (Å²) in [6.07, 6.45) is 5.22. The molecule has 0 fully saturated rings. The van der Waals surface area contributed by atoms with Crippen molar-refractivity contribution in [3.8, 4) is 0 Å². The quantitative estimate of drug-likeness (QED) is 0.379. The number of carbonyl (C=O) groups excluding carboxylic acids is 1. The van der Waals surface area contributed by atoms with Crippen LogP contribution in [0.25, 0.3) is 0 Å². The van der Waals surface area contributed by atoms with Crippen LogP contribution in [-0.4, -0.2) is 14.7 Å². The van der Waals surface area contributed by atoms with Gasteiger partial charge in [-0.2, -0.15) is 0 Å². The van der Waals surface area contributed by atoms with Crippen molar-refractivity contribution in [2.45, 2.75) is 17.2 Å². The number of hydrogen-bond acceptors (Lipinski definition) is 3. The molecule has 0 bridgehead atoms. The smallest absolute Gasteiger partial charge is 0.194 e. The van der Waals surface area contributed by atoms with Gasteiger partial charge in [-0.25, -0.2) is 4.98 Å². The Labute approximate surface area is 181 Å². The van der Waals surface area contributed by atoms with Gasteiger partial charge < -0.3 is 4.57 Å². The van der Waals surface area contributed by atoms with Gasteiger partial charge in [-0.1, -0.05) is 76.4 Å². The molecule has 2 aromatic carbocycles. The Morgan fingerprint density at radius 2 is 1.78 bits per heavy atom. The second kappa shape index (κ2) is 9.35. The summed E-state index contributed by atoms with van der Waals surface area (Å²) in [5, 5.41) is 1.25. The first-order valence-corrected chi connectivity index (χ1v) is 10.4. The molecule has 2 unspecified atom stereocenters. The third kappa shape index (κ3) is 5.43. The standard InChI is InChI=1S/C19H14Cl4N2OS/c20-14-4-1-12(2-5-14)18(19(23)25-8-7-24-11-25)27-17(26)9-13-3-6-15(21)10-16(13)22/h1-8,10-11,18-19H,9H2. The first-order valence-electron chi connectivity index (χ1n) is 7.94. The van der Waals surface area contributed by atoms with Gasteiger partial charge in [-0.05, 0) is 35.4 Å². The van der Waals surface area contributed by atoms with Crippen molar-refractivity contribution in [3.05, 3.63) is 87.4 Å². The molecule has 2 atom stereocenters. The summed E-state index contributed by atoms with van der Waals surface area (Å²) in [6, 6.07) is 12.4. The van der Waals surface area contributed by atoms with Crippen LogP contribution in [0, 0.1) is 0 Å². The maximum atomic E-state index is 12.7. The number of carbonyl (C=O) groups is 1. The first kappa shape index (κ1) is 20.6. The monoisotopic (exact) mass is 458 g/mol. The van der Waals surface area contributed by atoms with Crippen molar-refractivity contribution in [2.24, 2.45) is 0 Å². The molecule has 3 rings (SSSR count). The predicted molar refractivity (Wildman–Crippen MR) is 114 cm³/mol. The molecule has 140 valence electrons. The van der Waals surface area contributed by atoms with E-state index in [1.54, 1.807) is 53.6 Å². The van der Waals surface area contributed by atoms with Crippen LogP contribution in [0.2, 0.25) is 15.1 Å². The number of nitrogens with zero attached hydrogens (tertiary/aromatic N) is 2. The number of aromatic nitrogens is 2. The van der Waals surface area contributed by atoms with Gasteiger partial charge >= 0.3 is 0 Å². The summed E-state index contributed by atoms with van der Waals surface area (Å²) in [6.45, 7) is 0. The highest BCUT2D eigenvalue weighted by Crippen LogP contribution is 2.42. The van der Waals surface area contributed by atoms with Crippen molar-refractivity contribution < 1.29 is 4.79 Å². The van der Waals surface area contributed by atoms with Crippen molar-refractivity contribution in [3.63, 3.8) is 0 Å². The van der Waals surface area contributed by atoms with Crippen molar-refractivity contribution >= 4 is 63.3 Å². The summed E-state index contributed by atoms with van der Waals surface area (Å²) in [7, 11) is 0. The topological polar surface area (TPSA) is 34.9 Å². The minimum atomic E-state index is -0.497. The van der Waals surface area contributed by atoms with Gasteiger partial charge in [0.2, 0.25) is 0 Å². The lowest BCUT2D eigenvalue weighted by Crippen LogP contribution is -2.12. The summed E-state index contributed by atoms with van der Waals surface area (Å²) >= 11 is 25.9. The molecule has 3 nitrogen and oxygen atoms in total. The average Bonchev–Trinajstić information content (AvgIpc) is 3.17. The molecule has 27 heavy (non-hydrogen) atoms. The zero-order valence-corrected chi connectivity index (χ0v) is 17.7. The molecule has 0 aliphatic carbocycles. The van der Waals surface area contributed by atoms with Crippen LogP contribution in [0.3, 0.4) is 0 Å². The van der Waals surface area contributed by atoms with Crippen LogP contribution in [0.4, 0.5) is 0 Å². The fourth-order valence-corrected chi connectivity index (χ4v) is 4.60. The molecule has 0 radical (unpaired) electrons. The van der Waals surface area contributed by atoms with Crippen LogP contribution >= 0.6 is 58.2 Å². The Morgan fingerprint density at radius 1 is 1.07 bits per heavy atom. The maximum Gasteiger partial charge on any atom is 0.194 e. The molecule has 1 aromatic heterocycles. The highest BCUT2D eigenvalue weighted by Gasteiger charge is 2.26. The molecule has 0 aliphatic heterocycles. The van der Waals surface area contributed by atoms with Crippen LogP contribution in [-0.2, 0) is 11.2 Å². The summed E-state index contributed by atoms with van der Waals surface area (Å²) in [5.41, 5.74) is 1.12. The lowest BCUT2D eigenvalue weighted by molar-refractivity contribution is -0.110. The third-order valence-electron chi connectivity index (χ3n) is 3.87. The zero-order chi connectivity index (χ0) is 19.4. The van der Waals surface area contributed by atoms with Gasteiger partial charge in [-0.3, -0.25) is 4.79 Å². The van der Waals surface area contributed by atoms with Gasteiger partial charge in [-0.15, -0.1) is 0 Å². The van der Waals surface area contributed by atoms with Gasteiger partial charge in [0, 0.05) is 33.9 Å². The number of hydrogen-bond donors (Lipinski definition) is 0. The molecular weight excluding hydrogens is 446 g/mol. The van der Waals surface area contributed by atoms with E-state index >= 15 is 0 Å². The molecule has 0 saturated carbocycles. The van der Waals surface area contributed by atoms with Gasteiger partial charge in [0.05, 0.1) is 11.6 Å². The van der Waals surface area contributed by atoms with Gasteiger partial charge in [0.1, 0.15) is 5.50 Å². The largest absolute Gasteiger partial charge is 0.319 e. The Bertz CT molecular complexity index is 916. The Balaban J connectivity index is 1.82. The summed E-state index contributed by atoms with van der Waals surface area (Å²) < 4.78 is 1.76. The minimum Gasteiger partial charge on any atom is -0.319 e. The number of thioether (sulfide) groups is 1.